The second kappa shape index (κ2) is 7.45. The zero-order chi connectivity index (χ0) is 7.11. The van der Waals surface area contributed by atoms with Gasteiger partial charge in [0.25, 0.3) is 0 Å². The third kappa shape index (κ3) is 7.24. The molecular weight excluding hydrogens is 231 g/mol. The number of hydrogen-bond acceptors (Lipinski definition) is 3. The van der Waals surface area contributed by atoms with E-state index in [9.17, 15) is 0 Å². The molecule has 0 aromatic rings. The van der Waals surface area contributed by atoms with E-state index in [1.54, 1.807) is 13.5 Å². The second-order valence-corrected chi connectivity index (χ2v) is 9.60. The molecule has 1 nitrogen and oxygen atoms in total. The zero-order valence-corrected chi connectivity index (χ0v) is 9.33. The molecule has 0 radical (unpaired) electrons. The monoisotopic (exact) mass is 234 g/mol. The van der Waals surface area contributed by atoms with E-state index in [0.29, 0.717) is 0 Å². The molecule has 0 rings (SSSR count). The Hall–Kier alpha value is 1.34. The van der Waals surface area contributed by atoms with Crippen LogP contribution in [0.15, 0.2) is 0 Å². The van der Waals surface area contributed by atoms with Crippen LogP contribution in [-0.4, -0.2) is 13.5 Å². The third-order valence-corrected chi connectivity index (χ3v) is 8.81. The van der Waals surface area contributed by atoms with Crippen molar-refractivity contribution in [3.8, 4) is 0 Å². The van der Waals surface area contributed by atoms with Crippen LogP contribution >= 0.6 is 0 Å². The summed E-state index contributed by atoms with van der Waals surface area (Å²) in [5, 5.41) is 0. The third-order valence-electron chi connectivity index (χ3n) is 0.297. The molecule has 0 aliphatic heterocycles. The standard InChI is InChI=1S/CH3BOS6/c1-3-2-9(5)8-7-6-4/h1H3. The summed E-state index contributed by atoms with van der Waals surface area (Å²) in [7, 11) is 5.68. The van der Waals surface area contributed by atoms with Crippen molar-refractivity contribution in [3.05, 3.63) is 0 Å². The Morgan fingerprint density at radius 3 is 2.78 bits per heavy atom. The fourth-order valence-corrected chi connectivity index (χ4v) is 7.95. The maximum absolute atomic E-state index is 4.93. The van der Waals surface area contributed by atoms with Gasteiger partial charge in [0, 0.05) is 0 Å². The summed E-state index contributed by atoms with van der Waals surface area (Å²) in [6.07, 6.45) is 1.62. The van der Waals surface area contributed by atoms with E-state index in [2.05, 4.69) is 11.2 Å². The minimum atomic E-state index is -0.242. The zero-order valence-electron chi connectivity index (χ0n) is 4.44. The molecule has 9 heavy (non-hydrogen) atoms. The second-order valence-electron chi connectivity index (χ2n) is 0.797. The average Bonchev–Trinajstić information content (AvgIpc) is 1.85. The van der Waals surface area contributed by atoms with Gasteiger partial charge in [0.05, 0.1) is 0 Å². The van der Waals surface area contributed by atoms with Crippen LogP contribution in [0.4, 0.5) is 0 Å². The van der Waals surface area contributed by atoms with E-state index in [-0.39, 0.29) is 7.44 Å². The molecule has 0 aliphatic rings. The summed E-state index contributed by atoms with van der Waals surface area (Å²) >= 11 is 9.55. The summed E-state index contributed by atoms with van der Waals surface area (Å²) in [6.45, 7) is 0. The molecule has 0 saturated carbocycles. The first-order valence-corrected chi connectivity index (χ1v) is 8.85. The van der Waals surface area contributed by atoms with Crippen molar-refractivity contribution in [3.63, 3.8) is 0 Å². The van der Waals surface area contributed by atoms with E-state index in [0.717, 1.165) is 0 Å². The predicted octanol–water partition coefficient (Wildman–Crippen LogP) is -0.298. The molecule has 0 amide bonds. The van der Waals surface area contributed by atoms with Crippen LogP contribution in [0, 0.1) is 0 Å². The first-order valence-electron chi connectivity index (χ1n) is 1.71. The molecule has 0 aliphatic carbocycles. The van der Waals surface area contributed by atoms with Gasteiger partial charge in [0.15, 0.2) is 0 Å². The SMILES string of the molecule is COB=S(=S)=S=S=S=S. The van der Waals surface area contributed by atoms with Gasteiger partial charge in [-0.15, -0.1) is 0 Å². The maximum atomic E-state index is 4.93. The van der Waals surface area contributed by atoms with Gasteiger partial charge in [-0.1, -0.05) is 0 Å². The van der Waals surface area contributed by atoms with Gasteiger partial charge in [-0.25, -0.2) is 0 Å². The first kappa shape index (κ1) is 10.3. The van der Waals surface area contributed by atoms with E-state index >= 15 is 0 Å². The van der Waals surface area contributed by atoms with Crippen LogP contribution in [0.2, 0.25) is 0 Å². The molecule has 0 N–H and O–H groups in total. The van der Waals surface area contributed by atoms with Gasteiger partial charge in [0.2, 0.25) is 0 Å². The van der Waals surface area contributed by atoms with Gasteiger partial charge >= 0.3 is 74.6 Å². The topological polar surface area (TPSA) is 9.23 Å². The van der Waals surface area contributed by atoms with Crippen molar-refractivity contribution < 1.29 is 4.65 Å². The number of rotatable bonds is 1. The van der Waals surface area contributed by atoms with E-state index in [1.165, 1.54) is 26.6 Å². The fourth-order valence-electron chi connectivity index (χ4n) is 0.133. The van der Waals surface area contributed by atoms with Crippen LogP contribution in [0.3, 0.4) is 0 Å². The molecule has 0 bridgehead atoms. The predicted molar refractivity (Wildman–Crippen MR) is 57.0 cm³/mol. The average molecular weight is 234 g/mol. The van der Waals surface area contributed by atoms with Crippen molar-refractivity contribution in [1.29, 1.82) is 0 Å². The Morgan fingerprint density at radius 2 is 2.33 bits per heavy atom. The molecule has 0 spiro atoms. The summed E-state index contributed by atoms with van der Waals surface area (Å²) in [5.74, 6) is 0. The van der Waals surface area contributed by atoms with E-state index < -0.39 is 0 Å². The van der Waals surface area contributed by atoms with Crippen LogP contribution in [0.1, 0.15) is 0 Å². The van der Waals surface area contributed by atoms with Crippen LogP contribution in [0.5, 0.6) is 0 Å². The van der Waals surface area contributed by atoms with Gasteiger partial charge in [0.1, 0.15) is 0 Å². The van der Waals surface area contributed by atoms with Gasteiger partial charge in [-0.2, -0.15) is 0 Å². The van der Waals surface area contributed by atoms with Crippen molar-refractivity contribution >= 4 is 62.8 Å². The molecular formula is CH3BOS6. The molecule has 0 unspecified atom stereocenters. The van der Waals surface area contributed by atoms with E-state index in [1.807, 2.05) is 0 Å². The van der Waals surface area contributed by atoms with Crippen molar-refractivity contribution in [2.45, 2.75) is 0 Å². The molecule has 0 aromatic heterocycles. The molecule has 0 atom stereocenters. The molecule has 0 aromatic carbocycles. The first-order chi connectivity index (χ1) is 4.31. The number of hydrogen-bond donors (Lipinski definition) is 0. The normalized spacial score (nSPS) is 7.22. The summed E-state index contributed by atoms with van der Waals surface area (Å²) < 4.78 is 4.71. The summed E-state index contributed by atoms with van der Waals surface area (Å²) in [5.41, 5.74) is 0. The minimum absolute atomic E-state index is 0.242. The van der Waals surface area contributed by atoms with Crippen molar-refractivity contribution in [1.82, 2.24) is 0 Å². The van der Waals surface area contributed by atoms with Gasteiger partial charge < -0.3 is 0 Å². The van der Waals surface area contributed by atoms with Crippen LogP contribution < -0.4 is 0 Å². The quantitative estimate of drug-likeness (QED) is 0.577. The summed E-state index contributed by atoms with van der Waals surface area (Å²) in [6, 6.07) is 0. The Morgan fingerprint density at radius 1 is 1.67 bits per heavy atom. The Labute approximate surface area is 74.0 Å². The Bertz CT molecular complexity index is 296. The van der Waals surface area contributed by atoms with Crippen molar-refractivity contribution in [2.24, 2.45) is 0 Å². The van der Waals surface area contributed by atoms with Gasteiger partial charge in [-0.05, 0) is 0 Å². The van der Waals surface area contributed by atoms with Crippen LogP contribution in [-0.2, 0) is 61.1 Å². The Balaban J connectivity index is 5.02. The van der Waals surface area contributed by atoms with Crippen LogP contribution in [0.25, 0.3) is 0 Å². The van der Waals surface area contributed by atoms with Crippen molar-refractivity contribution in [2.75, 3.05) is 7.11 Å². The molecule has 0 heterocycles. The molecule has 52 valence electrons. The van der Waals surface area contributed by atoms with E-state index in [4.69, 9.17) is 15.8 Å². The molecule has 0 saturated heterocycles. The van der Waals surface area contributed by atoms with Gasteiger partial charge in [-0.3, -0.25) is 0 Å². The molecule has 0 fully saturated rings. The fraction of sp³-hybridized carbons (Fsp3) is 1.00. The molecule has 8 heteroatoms. The Kier molecular flexibility index (Phi) is 8.57. The summed E-state index contributed by atoms with van der Waals surface area (Å²) in [4.78, 5) is 0.